The molecule has 4 nitrogen and oxygen atoms in total. The number of halogens is 1. The summed E-state index contributed by atoms with van der Waals surface area (Å²) in [7, 11) is 1.64. The molecule has 23 heavy (non-hydrogen) atoms. The van der Waals surface area contributed by atoms with Crippen LogP contribution < -0.4 is 15.5 Å². The maximum Gasteiger partial charge on any atom is 0.187 e. The molecule has 0 radical (unpaired) electrons. The molecule has 6 heteroatoms. The van der Waals surface area contributed by atoms with Crippen LogP contribution in [0, 0.1) is 0 Å². The monoisotopic (exact) mass is 391 g/mol. The zero-order valence-electron chi connectivity index (χ0n) is 13.0. The van der Waals surface area contributed by atoms with Gasteiger partial charge in [-0.05, 0) is 64.4 Å². The molecule has 2 aromatic carbocycles. The second-order valence-electron chi connectivity index (χ2n) is 4.83. The number of nitrogens with one attached hydrogen (secondary N) is 2. The maximum absolute atomic E-state index is 5.23. The van der Waals surface area contributed by atoms with Gasteiger partial charge in [0, 0.05) is 6.54 Å². The molecule has 0 atom stereocenters. The fourth-order valence-electron chi connectivity index (χ4n) is 1.91. The Kier molecular flexibility index (Phi) is 6.55. The zero-order chi connectivity index (χ0) is 16.7. The lowest BCUT2D eigenvalue weighted by Gasteiger charge is -2.09. The standard InChI is InChI=1S/C17H18BrN3OS/c1-12(14-8-9-16(22-2)15(18)10-14)20-21-17(23)19-11-13-6-4-3-5-7-13/h3-10H,11H2,1-2H3,(H2,19,21,23)/b20-12-. The highest BCUT2D eigenvalue weighted by molar-refractivity contribution is 9.10. The van der Waals surface area contributed by atoms with E-state index in [2.05, 4.69) is 31.8 Å². The van der Waals surface area contributed by atoms with Gasteiger partial charge in [0.15, 0.2) is 5.11 Å². The predicted octanol–water partition coefficient (Wildman–Crippen LogP) is 3.85. The van der Waals surface area contributed by atoms with Gasteiger partial charge < -0.3 is 10.1 Å². The van der Waals surface area contributed by atoms with Crippen molar-refractivity contribution in [2.75, 3.05) is 7.11 Å². The molecule has 0 saturated heterocycles. The van der Waals surface area contributed by atoms with Crippen molar-refractivity contribution in [3.05, 3.63) is 64.1 Å². The summed E-state index contributed by atoms with van der Waals surface area (Å²) in [5.41, 5.74) is 5.84. The Labute approximate surface area is 150 Å². The Morgan fingerprint density at radius 3 is 2.61 bits per heavy atom. The third-order valence-corrected chi connectivity index (χ3v) is 4.05. The van der Waals surface area contributed by atoms with Gasteiger partial charge in [0.2, 0.25) is 0 Å². The van der Waals surface area contributed by atoms with E-state index in [0.29, 0.717) is 11.7 Å². The lowest BCUT2D eigenvalue weighted by molar-refractivity contribution is 0.412. The number of ether oxygens (including phenoxy) is 1. The van der Waals surface area contributed by atoms with E-state index in [1.54, 1.807) is 7.11 Å². The van der Waals surface area contributed by atoms with E-state index in [1.807, 2.05) is 55.5 Å². The highest BCUT2D eigenvalue weighted by Crippen LogP contribution is 2.25. The molecule has 2 N–H and O–H groups in total. The van der Waals surface area contributed by atoms with Gasteiger partial charge in [-0.15, -0.1) is 0 Å². The average Bonchev–Trinajstić information content (AvgIpc) is 2.58. The lowest BCUT2D eigenvalue weighted by atomic mass is 10.1. The van der Waals surface area contributed by atoms with Crippen LogP contribution in [0.1, 0.15) is 18.1 Å². The molecule has 0 bridgehead atoms. The third kappa shape index (κ3) is 5.33. The van der Waals surface area contributed by atoms with E-state index in [-0.39, 0.29) is 0 Å². The second kappa shape index (κ2) is 8.64. The number of thiocarbonyl (C=S) groups is 1. The third-order valence-electron chi connectivity index (χ3n) is 3.19. The van der Waals surface area contributed by atoms with Gasteiger partial charge in [0.25, 0.3) is 0 Å². The highest BCUT2D eigenvalue weighted by atomic mass is 79.9. The summed E-state index contributed by atoms with van der Waals surface area (Å²) in [5.74, 6) is 0.787. The first-order chi connectivity index (χ1) is 11.1. The van der Waals surface area contributed by atoms with Crippen molar-refractivity contribution in [2.24, 2.45) is 5.10 Å². The molecule has 0 fully saturated rings. The minimum absolute atomic E-state index is 0.487. The highest BCUT2D eigenvalue weighted by Gasteiger charge is 2.04. The molecule has 0 aliphatic rings. The lowest BCUT2D eigenvalue weighted by Crippen LogP contribution is -2.32. The topological polar surface area (TPSA) is 45.6 Å². The minimum Gasteiger partial charge on any atom is -0.496 e. The van der Waals surface area contributed by atoms with E-state index < -0.39 is 0 Å². The Balaban J connectivity index is 1.91. The van der Waals surface area contributed by atoms with Crippen molar-refractivity contribution >= 4 is 39.0 Å². The Hall–Kier alpha value is -1.92. The van der Waals surface area contributed by atoms with Crippen LogP contribution in [0.25, 0.3) is 0 Å². The summed E-state index contributed by atoms with van der Waals surface area (Å²) in [4.78, 5) is 0. The quantitative estimate of drug-likeness (QED) is 0.461. The number of nitrogens with zero attached hydrogens (tertiary/aromatic N) is 1. The van der Waals surface area contributed by atoms with E-state index in [1.165, 1.54) is 0 Å². The number of rotatable bonds is 5. The molecule has 0 saturated carbocycles. The van der Waals surface area contributed by atoms with E-state index >= 15 is 0 Å². The van der Waals surface area contributed by atoms with Crippen LogP contribution in [0.2, 0.25) is 0 Å². The van der Waals surface area contributed by atoms with Gasteiger partial charge >= 0.3 is 0 Å². The Morgan fingerprint density at radius 1 is 1.22 bits per heavy atom. The maximum atomic E-state index is 5.23. The molecule has 0 spiro atoms. The molecular weight excluding hydrogens is 374 g/mol. The summed E-state index contributed by atoms with van der Waals surface area (Å²) in [5, 5.41) is 7.91. The van der Waals surface area contributed by atoms with Crippen LogP contribution in [0.3, 0.4) is 0 Å². The van der Waals surface area contributed by atoms with Crippen molar-refractivity contribution in [3.63, 3.8) is 0 Å². The Bertz CT molecular complexity index is 704. The smallest absolute Gasteiger partial charge is 0.187 e. The normalized spacial score (nSPS) is 11.0. The van der Waals surface area contributed by atoms with Gasteiger partial charge in [-0.25, -0.2) is 0 Å². The van der Waals surface area contributed by atoms with E-state index in [4.69, 9.17) is 17.0 Å². The van der Waals surface area contributed by atoms with Crippen LogP contribution in [0.4, 0.5) is 0 Å². The van der Waals surface area contributed by atoms with Crippen LogP contribution in [-0.4, -0.2) is 17.9 Å². The summed E-state index contributed by atoms with van der Waals surface area (Å²) in [6.45, 7) is 2.58. The summed E-state index contributed by atoms with van der Waals surface area (Å²) in [6, 6.07) is 15.9. The molecule has 0 unspecified atom stereocenters. The SMILES string of the molecule is COc1ccc(/C(C)=N\NC(=S)NCc2ccccc2)cc1Br. The zero-order valence-corrected chi connectivity index (χ0v) is 15.4. The molecule has 0 amide bonds. The predicted molar refractivity (Wildman–Crippen MR) is 102 cm³/mol. The summed E-state index contributed by atoms with van der Waals surface area (Å²) in [6.07, 6.45) is 0. The van der Waals surface area contributed by atoms with Gasteiger partial charge in [-0.1, -0.05) is 30.3 Å². The van der Waals surface area contributed by atoms with Gasteiger partial charge in [0.1, 0.15) is 5.75 Å². The second-order valence-corrected chi connectivity index (χ2v) is 6.09. The number of hydrogen-bond donors (Lipinski definition) is 2. The van der Waals surface area contributed by atoms with Crippen molar-refractivity contribution in [3.8, 4) is 5.75 Å². The van der Waals surface area contributed by atoms with Crippen LogP contribution in [0.15, 0.2) is 58.1 Å². The van der Waals surface area contributed by atoms with Crippen molar-refractivity contribution < 1.29 is 4.74 Å². The molecule has 2 rings (SSSR count). The van der Waals surface area contributed by atoms with E-state index in [0.717, 1.165) is 27.1 Å². The molecule has 2 aromatic rings. The van der Waals surface area contributed by atoms with Crippen molar-refractivity contribution in [2.45, 2.75) is 13.5 Å². The molecule has 0 aliphatic heterocycles. The minimum atomic E-state index is 0.487. The fourth-order valence-corrected chi connectivity index (χ4v) is 2.57. The molecule has 0 heterocycles. The molecule has 120 valence electrons. The van der Waals surface area contributed by atoms with Crippen molar-refractivity contribution in [1.29, 1.82) is 0 Å². The molecular formula is C17H18BrN3OS. The first-order valence-corrected chi connectivity index (χ1v) is 8.26. The van der Waals surface area contributed by atoms with Crippen LogP contribution >= 0.6 is 28.1 Å². The fraction of sp³-hybridized carbons (Fsp3) is 0.176. The largest absolute Gasteiger partial charge is 0.496 e. The van der Waals surface area contributed by atoms with Gasteiger partial charge in [-0.3, -0.25) is 5.43 Å². The number of methoxy groups -OCH3 is 1. The first-order valence-electron chi connectivity index (χ1n) is 7.06. The molecule has 0 aromatic heterocycles. The number of hydrogen-bond acceptors (Lipinski definition) is 3. The summed E-state index contributed by atoms with van der Waals surface area (Å²) >= 11 is 8.70. The average molecular weight is 392 g/mol. The van der Waals surface area contributed by atoms with Crippen molar-refractivity contribution in [1.82, 2.24) is 10.7 Å². The molecule has 0 aliphatic carbocycles. The first kappa shape index (κ1) is 17.4. The number of hydrazone groups is 1. The van der Waals surface area contributed by atoms with E-state index in [9.17, 15) is 0 Å². The van der Waals surface area contributed by atoms with Gasteiger partial charge in [-0.2, -0.15) is 5.10 Å². The van der Waals surface area contributed by atoms with Crippen LogP contribution in [0.5, 0.6) is 5.75 Å². The van der Waals surface area contributed by atoms with Crippen LogP contribution in [-0.2, 0) is 6.54 Å². The summed E-state index contributed by atoms with van der Waals surface area (Å²) < 4.78 is 6.10. The van der Waals surface area contributed by atoms with Gasteiger partial charge in [0.05, 0.1) is 17.3 Å². The number of benzene rings is 2. The Morgan fingerprint density at radius 2 is 1.96 bits per heavy atom.